The number of fused-ring (bicyclic) bond motifs is 1. The molecule has 0 spiro atoms. The maximum absolute atomic E-state index is 3.56. The predicted molar refractivity (Wildman–Crippen MR) is 67.8 cm³/mol. The summed E-state index contributed by atoms with van der Waals surface area (Å²) in [5.41, 5.74) is 4.06. The fourth-order valence-electron chi connectivity index (χ4n) is 2.27. The van der Waals surface area contributed by atoms with Crippen LogP contribution in [0.25, 0.3) is 10.9 Å². The lowest BCUT2D eigenvalue weighted by atomic mass is 10.1. The first kappa shape index (κ1) is 9.91. The molecule has 1 aliphatic carbocycles. The molecule has 0 aliphatic heterocycles. The van der Waals surface area contributed by atoms with Crippen LogP contribution in [0.1, 0.15) is 24.0 Å². The third kappa shape index (κ3) is 1.85. The minimum Gasteiger partial charge on any atom is -0.361 e. The second kappa shape index (κ2) is 3.95. The summed E-state index contributed by atoms with van der Waals surface area (Å²) in [5, 5.41) is 4.95. The molecule has 2 N–H and O–H groups in total. The Kier molecular flexibility index (Phi) is 2.44. The highest BCUT2D eigenvalue weighted by Crippen LogP contribution is 2.22. The number of aromatic nitrogens is 1. The van der Waals surface area contributed by atoms with Crippen LogP contribution < -0.4 is 5.32 Å². The van der Waals surface area contributed by atoms with Crippen LogP contribution in [0.3, 0.4) is 0 Å². The van der Waals surface area contributed by atoms with Crippen molar-refractivity contribution in [2.45, 2.75) is 32.2 Å². The van der Waals surface area contributed by atoms with Crippen LogP contribution in [0.15, 0.2) is 24.4 Å². The maximum atomic E-state index is 3.56. The number of H-pyrrole nitrogens is 1. The Bertz CT molecular complexity index is 494. The number of aromatic amines is 1. The molecule has 0 unspecified atom stereocenters. The van der Waals surface area contributed by atoms with E-state index in [4.69, 9.17) is 0 Å². The molecular formula is C14H18N2. The van der Waals surface area contributed by atoms with E-state index in [1.807, 2.05) is 0 Å². The lowest BCUT2D eigenvalue weighted by molar-refractivity contribution is 0.683. The summed E-state index contributed by atoms with van der Waals surface area (Å²) in [4.78, 5) is 3.38. The number of hydrogen-bond donors (Lipinski definition) is 2. The zero-order valence-corrected chi connectivity index (χ0v) is 9.72. The van der Waals surface area contributed by atoms with Crippen LogP contribution >= 0.6 is 0 Å². The van der Waals surface area contributed by atoms with E-state index in [9.17, 15) is 0 Å². The van der Waals surface area contributed by atoms with Gasteiger partial charge in [0.05, 0.1) is 0 Å². The molecule has 16 heavy (non-hydrogen) atoms. The van der Waals surface area contributed by atoms with Crippen molar-refractivity contribution in [3.05, 3.63) is 35.5 Å². The summed E-state index contributed by atoms with van der Waals surface area (Å²) in [7, 11) is 0. The Morgan fingerprint density at radius 1 is 1.38 bits per heavy atom. The number of nitrogens with one attached hydrogen (secondary N) is 2. The van der Waals surface area contributed by atoms with Crippen LogP contribution in [-0.2, 0) is 6.42 Å². The van der Waals surface area contributed by atoms with E-state index in [1.165, 1.54) is 34.9 Å². The lowest BCUT2D eigenvalue weighted by Crippen LogP contribution is -2.19. The van der Waals surface area contributed by atoms with Crippen molar-refractivity contribution in [3.8, 4) is 0 Å². The third-order valence-corrected chi connectivity index (χ3v) is 3.41. The highest BCUT2D eigenvalue weighted by atomic mass is 14.9. The van der Waals surface area contributed by atoms with Gasteiger partial charge in [0.25, 0.3) is 0 Å². The average molecular weight is 214 g/mol. The zero-order valence-electron chi connectivity index (χ0n) is 9.72. The molecule has 1 aromatic carbocycles. The smallest absolute Gasteiger partial charge is 0.0486 e. The van der Waals surface area contributed by atoms with E-state index < -0.39 is 0 Å². The number of rotatable bonds is 4. The summed E-state index contributed by atoms with van der Waals surface area (Å²) in [5.74, 6) is 0. The molecular weight excluding hydrogens is 196 g/mol. The molecule has 0 atom stereocenters. The predicted octanol–water partition coefficient (Wildman–Crippen LogP) is 2.77. The quantitative estimate of drug-likeness (QED) is 0.804. The van der Waals surface area contributed by atoms with Crippen molar-refractivity contribution in [1.82, 2.24) is 10.3 Å². The average Bonchev–Trinajstić information content (AvgIpc) is 3.00. The Balaban J connectivity index is 1.77. The molecule has 84 valence electrons. The topological polar surface area (TPSA) is 27.8 Å². The van der Waals surface area contributed by atoms with Crippen LogP contribution in [0.2, 0.25) is 0 Å². The van der Waals surface area contributed by atoms with Gasteiger partial charge in [-0.2, -0.15) is 0 Å². The van der Waals surface area contributed by atoms with Gasteiger partial charge in [0, 0.05) is 23.1 Å². The molecule has 0 saturated heterocycles. The van der Waals surface area contributed by atoms with Gasteiger partial charge in [0.1, 0.15) is 0 Å². The van der Waals surface area contributed by atoms with E-state index in [0.29, 0.717) is 0 Å². The van der Waals surface area contributed by atoms with Crippen molar-refractivity contribution in [2.24, 2.45) is 0 Å². The Morgan fingerprint density at radius 3 is 3.06 bits per heavy atom. The fraction of sp³-hybridized carbons (Fsp3) is 0.429. The molecule has 0 bridgehead atoms. The number of benzene rings is 1. The highest BCUT2D eigenvalue weighted by molar-refractivity contribution is 5.85. The minimum absolute atomic E-state index is 0.812. The second-order valence-corrected chi connectivity index (χ2v) is 4.79. The number of hydrogen-bond acceptors (Lipinski definition) is 1. The third-order valence-electron chi connectivity index (χ3n) is 3.41. The zero-order chi connectivity index (χ0) is 11.0. The van der Waals surface area contributed by atoms with E-state index in [0.717, 1.165) is 19.0 Å². The van der Waals surface area contributed by atoms with Gasteiger partial charge >= 0.3 is 0 Å². The molecule has 2 aromatic rings. The first-order valence-electron chi connectivity index (χ1n) is 6.13. The van der Waals surface area contributed by atoms with Crippen molar-refractivity contribution < 1.29 is 0 Å². The molecule has 2 nitrogen and oxygen atoms in total. The summed E-state index contributed by atoms with van der Waals surface area (Å²) in [6, 6.07) is 7.33. The summed E-state index contributed by atoms with van der Waals surface area (Å²) in [6.45, 7) is 3.26. The van der Waals surface area contributed by atoms with E-state index in [1.54, 1.807) is 0 Å². The van der Waals surface area contributed by atoms with Gasteiger partial charge < -0.3 is 10.3 Å². The van der Waals surface area contributed by atoms with Gasteiger partial charge in [0.15, 0.2) is 0 Å². The molecule has 1 saturated carbocycles. The monoisotopic (exact) mass is 214 g/mol. The Morgan fingerprint density at radius 2 is 2.25 bits per heavy atom. The van der Waals surface area contributed by atoms with Gasteiger partial charge in [-0.1, -0.05) is 18.2 Å². The summed E-state index contributed by atoms with van der Waals surface area (Å²) < 4.78 is 0. The second-order valence-electron chi connectivity index (χ2n) is 4.79. The minimum atomic E-state index is 0.812. The summed E-state index contributed by atoms with van der Waals surface area (Å²) in [6.07, 6.45) is 6.02. The first-order chi connectivity index (χ1) is 7.84. The largest absolute Gasteiger partial charge is 0.361 e. The van der Waals surface area contributed by atoms with Gasteiger partial charge in [0.2, 0.25) is 0 Å². The first-order valence-corrected chi connectivity index (χ1v) is 6.13. The van der Waals surface area contributed by atoms with E-state index in [-0.39, 0.29) is 0 Å². The van der Waals surface area contributed by atoms with Gasteiger partial charge in [-0.3, -0.25) is 0 Å². The van der Waals surface area contributed by atoms with Gasteiger partial charge in [-0.15, -0.1) is 0 Å². The van der Waals surface area contributed by atoms with Gasteiger partial charge in [-0.25, -0.2) is 0 Å². The van der Waals surface area contributed by atoms with Crippen LogP contribution in [0.5, 0.6) is 0 Å². The lowest BCUT2D eigenvalue weighted by Gasteiger charge is -2.02. The Labute approximate surface area is 96.1 Å². The molecule has 1 aromatic heterocycles. The molecule has 0 amide bonds. The number of aryl methyl sites for hydroxylation is 1. The highest BCUT2D eigenvalue weighted by Gasteiger charge is 2.19. The van der Waals surface area contributed by atoms with Crippen LogP contribution in [-0.4, -0.2) is 17.6 Å². The fourth-order valence-corrected chi connectivity index (χ4v) is 2.27. The molecule has 1 fully saturated rings. The Hall–Kier alpha value is -1.28. The molecule has 2 heteroatoms. The van der Waals surface area contributed by atoms with E-state index >= 15 is 0 Å². The molecule has 1 aliphatic rings. The molecule has 3 rings (SSSR count). The van der Waals surface area contributed by atoms with Crippen molar-refractivity contribution >= 4 is 10.9 Å². The van der Waals surface area contributed by atoms with Crippen LogP contribution in [0.4, 0.5) is 0 Å². The normalized spacial score (nSPS) is 15.8. The number of para-hydroxylation sites is 1. The van der Waals surface area contributed by atoms with Crippen LogP contribution in [0, 0.1) is 6.92 Å². The van der Waals surface area contributed by atoms with E-state index in [2.05, 4.69) is 41.6 Å². The van der Waals surface area contributed by atoms with Gasteiger partial charge in [-0.05, 0) is 43.9 Å². The SMILES string of the molecule is Cc1cccc2c(CCNC3CC3)c[nH]c12. The van der Waals surface area contributed by atoms with Crippen molar-refractivity contribution in [2.75, 3.05) is 6.54 Å². The maximum Gasteiger partial charge on any atom is 0.0486 e. The molecule has 0 radical (unpaired) electrons. The van der Waals surface area contributed by atoms with Crippen molar-refractivity contribution in [1.29, 1.82) is 0 Å². The standard InChI is InChI=1S/C14H18N2/c1-10-3-2-4-13-11(9-16-14(10)13)7-8-15-12-5-6-12/h2-4,9,12,15-16H,5-8H2,1H3. The molecule has 1 heterocycles. The summed E-state index contributed by atoms with van der Waals surface area (Å²) >= 11 is 0. The van der Waals surface area contributed by atoms with Crippen molar-refractivity contribution in [3.63, 3.8) is 0 Å².